The average Bonchev–Trinajstić information content (AvgIpc) is 2.16. The van der Waals surface area contributed by atoms with E-state index in [4.69, 9.17) is 27.9 Å². The Hall–Kier alpha value is 0.240. The van der Waals surface area contributed by atoms with Crippen LogP contribution < -0.4 is 0 Å². The van der Waals surface area contributed by atoms with Crippen LogP contribution in [-0.2, 0) is 4.74 Å². The molecule has 2 nitrogen and oxygen atoms in total. The second-order valence-corrected chi connectivity index (χ2v) is 4.00. The molecule has 1 rings (SSSR count). The lowest BCUT2D eigenvalue weighted by atomic mass is 9.95. The minimum Gasteiger partial charge on any atom is -0.393 e. The first-order valence-electron chi connectivity index (χ1n) is 4.46. The van der Waals surface area contributed by atoms with E-state index in [1.54, 1.807) is 0 Å². The van der Waals surface area contributed by atoms with Crippen LogP contribution in [0.5, 0.6) is 0 Å². The Labute approximate surface area is 88.5 Å². The Morgan fingerprint density at radius 1 is 1.38 bits per heavy atom. The van der Waals surface area contributed by atoms with Gasteiger partial charge in [0.2, 0.25) is 0 Å². The third kappa shape index (κ3) is 4.32. The van der Waals surface area contributed by atoms with Crippen LogP contribution in [0, 0.1) is 0 Å². The summed E-state index contributed by atoms with van der Waals surface area (Å²) < 4.78 is 5.49. The standard InChI is InChI=1S/C9H14Cl2O2/c10-5-7(11)6-13-9-3-1-8(12)2-4-9/h5,8-9,12H,1-4,6H2. The van der Waals surface area contributed by atoms with E-state index in [0.717, 1.165) is 25.7 Å². The zero-order valence-electron chi connectivity index (χ0n) is 7.38. The first-order valence-corrected chi connectivity index (χ1v) is 5.28. The Morgan fingerprint density at radius 2 is 2.00 bits per heavy atom. The van der Waals surface area contributed by atoms with E-state index in [1.807, 2.05) is 0 Å². The van der Waals surface area contributed by atoms with Crippen LogP contribution in [0.1, 0.15) is 25.7 Å². The highest BCUT2D eigenvalue weighted by Crippen LogP contribution is 2.21. The average molecular weight is 225 g/mol. The molecule has 1 fully saturated rings. The molecule has 1 aliphatic carbocycles. The van der Waals surface area contributed by atoms with E-state index in [-0.39, 0.29) is 12.2 Å². The van der Waals surface area contributed by atoms with Crippen molar-refractivity contribution >= 4 is 23.2 Å². The van der Waals surface area contributed by atoms with Crippen LogP contribution in [0.2, 0.25) is 0 Å². The van der Waals surface area contributed by atoms with Crippen molar-refractivity contribution in [2.75, 3.05) is 6.61 Å². The molecule has 0 amide bonds. The molecule has 1 aliphatic rings. The lowest BCUT2D eigenvalue weighted by molar-refractivity contribution is 0.00812. The van der Waals surface area contributed by atoms with Gasteiger partial charge in [0.15, 0.2) is 0 Å². The molecule has 1 N–H and O–H groups in total. The maximum Gasteiger partial charge on any atom is 0.0835 e. The van der Waals surface area contributed by atoms with Gasteiger partial charge in [-0.2, -0.15) is 0 Å². The highest BCUT2D eigenvalue weighted by atomic mass is 35.5. The molecule has 0 heterocycles. The molecule has 0 aromatic carbocycles. The summed E-state index contributed by atoms with van der Waals surface area (Å²) in [4.78, 5) is 0. The van der Waals surface area contributed by atoms with Gasteiger partial charge in [-0.1, -0.05) is 23.2 Å². The molecule has 13 heavy (non-hydrogen) atoms. The van der Waals surface area contributed by atoms with Crippen molar-refractivity contribution < 1.29 is 9.84 Å². The first kappa shape index (κ1) is 11.3. The highest BCUT2D eigenvalue weighted by Gasteiger charge is 2.19. The minimum absolute atomic E-state index is 0.140. The normalized spacial score (nSPS) is 30.5. The quantitative estimate of drug-likeness (QED) is 0.799. The van der Waals surface area contributed by atoms with Crippen molar-refractivity contribution in [3.63, 3.8) is 0 Å². The Morgan fingerprint density at radius 3 is 2.54 bits per heavy atom. The smallest absolute Gasteiger partial charge is 0.0835 e. The molecule has 0 saturated heterocycles. The second-order valence-electron chi connectivity index (χ2n) is 3.30. The Balaban J connectivity index is 2.16. The van der Waals surface area contributed by atoms with E-state index in [1.165, 1.54) is 5.54 Å². The van der Waals surface area contributed by atoms with Gasteiger partial charge in [0.05, 0.1) is 23.8 Å². The van der Waals surface area contributed by atoms with Gasteiger partial charge in [-0.15, -0.1) is 0 Å². The summed E-state index contributed by atoms with van der Waals surface area (Å²) in [7, 11) is 0. The van der Waals surface area contributed by atoms with Gasteiger partial charge in [-0.3, -0.25) is 0 Å². The fraction of sp³-hybridized carbons (Fsp3) is 0.778. The van der Waals surface area contributed by atoms with E-state index in [2.05, 4.69) is 0 Å². The van der Waals surface area contributed by atoms with Gasteiger partial charge in [-0.05, 0) is 25.7 Å². The molecule has 1 saturated carbocycles. The van der Waals surface area contributed by atoms with Gasteiger partial charge in [0.1, 0.15) is 0 Å². The first-order chi connectivity index (χ1) is 6.22. The van der Waals surface area contributed by atoms with E-state index >= 15 is 0 Å². The summed E-state index contributed by atoms with van der Waals surface area (Å²) in [6.45, 7) is 0.381. The van der Waals surface area contributed by atoms with Crippen LogP contribution in [0.3, 0.4) is 0 Å². The number of hydrogen-bond donors (Lipinski definition) is 1. The SMILES string of the molecule is OC1CCC(OCC(Cl)=CCl)CC1. The molecule has 0 aromatic rings. The number of hydrogen-bond acceptors (Lipinski definition) is 2. The zero-order chi connectivity index (χ0) is 9.68. The fourth-order valence-electron chi connectivity index (χ4n) is 1.44. The van der Waals surface area contributed by atoms with Gasteiger partial charge < -0.3 is 9.84 Å². The van der Waals surface area contributed by atoms with Crippen molar-refractivity contribution in [1.82, 2.24) is 0 Å². The Bertz CT molecular complexity index is 174. The third-order valence-electron chi connectivity index (χ3n) is 2.22. The fourth-order valence-corrected chi connectivity index (χ4v) is 1.57. The number of halogens is 2. The maximum atomic E-state index is 9.24. The third-order valence-corrected chi connectivity index (χ3v) is 2.81. The van der Waals surface area contributed by atoms with Crippen LogP contribution >= 0.6 is 23.2 Å². The maximum absolute atomic E-state index is 9.24. The molecule has 0 aliphatic heterocycles. The van der Waals surface area contributed by atoms with E-state index in [9.17, 15) is 5.11 Å². The van der Waals surface area contributed by atoms with Gasteiger partial charge in [0.25, 0.3) is 0 Å². The second kappa shape index (κ2) is 5.86. The summed E-state index contributed by atoms with van der Waals surface area (Å²) in [5, 5.41) is 9.76. The molecular formula is C9H14Cl2O2. The largest absolute Gasteiger partial charge is 0.393 e. The summed E-state index contributed by atoms with van der Waals surface area (Å²) in [5.74, 6) is 0. The molecule has 0 aromatic heterocycles. The van der Waals surface area contributed by atoms with Gasteiger partial charge >= 0.3 is 0 Å². The molecule has 0 atom stereocenters. The van der Waals surface area contributed by atoms with Gasteiger partial charge in [-0.25, -0.2) is 0 Å². The molecule has 0 radical (unpaired) electrons. The van der Waals surface area contributed by atoms with Crippen molar-refractivity contribution in [3.05, 3.63) is 10.6 Å². The molecular weight excluding hydrogens is 211 g/mol. The summed E-state index contributed by atoms with van der Waals surface area (Å²) >= 11 is 11.0. The minimum atomic E-state index is -0.140. The molecule has 0 bridgehead atoms. The highest BCUT2D eigenvalue weighted by molar-refractivity contribution is 6.36. The summed E-state index contributed by atoms with van der Waals surface area (Å²) in [6.07, 6.45) is 3.56. The van der Waals surface area contributed by atoms with Crippen LogP contribution in [0.25, 0.3) is 0 Å². The number of ether oxygens (including phenoxy) is 1. The van der Waals surface area contributed by atoms with Crippen LogP contribution in [-0.4, -0.2) is 23.9 Å². The van der Waals surface area contributed by atoms with Crippen LogP contribution in [0.4, 0.5) is 0 Å². The lowest BCUT2D eigenvalue weighted by Gasteiger charge is -2.25. The van der Waals surface area contributed by atoms with Crippen molar-refractivity contribution in [1.29, 1.82) is 0 Å². The Kier molecular flexibility index (Phi) is 5.10. The van der Waals surface area contributed by atoms with E-state index in [0.29, 0.717) is 11.6 Å². The van der Waals surface area contributed by atoms with Crippen molar-refractivity contribution in [2.24, 2.45) is 0 Å². The lowest BCUT2D eigenvalue weighted by Crippen LogP contribution is -2.24. The van der Waals surface area contributed by atoms with Crippen LogP contribution in [0.15, 0.2) is 10.6 Å². The topological polar surface area (TPSA) is 29.5 Å². The monoisotopic (exact) mass is 224 g/mol. The predicted molar refractivity (Wildman–Crippen MR) is 54.0 cm³/mol. The molecule has 0 unspecified atom stereocenters. The van der Waals surface area contributed by atoms with E-state index < -0.39 is 0 Å². The van der Waals surface area contributed by atoms with Gasteiger partial charge in [0, 0.05) is 5.54 Å². The molecule has 76 valence electrons. The summed E-state index contributed by atoms with van der Waals surface area (Å²) in [5.41, 5.74) is 1.32. The molecule has 0 spiro atoms. The van der Waals surface area contributed by atoms with Crippen molar-refractivity contribution in [3.8, 4) is 0 Å². The number of aliphatic hydroxyl groups excluding tert-OH is 1. The predicted octanol–water partition coefficient (Wildman–Crippen LogP) is 2.63. The number of aliphatic hydroxyl groups is 1. The number of rotatable bonds is 3. The molecule has 4 heteroatoms. The summed E-state index contributed by atoms with van der Waals surface area (Å²) in [6, 6.07) is 0. The van der Waals surface area contributed by atoms with Crippen molar-refractivity contribution in [2.45, 2.75) is 37.9 Å². The zero-order valence-corrected chi connectivity index (χ0v) is 8.89.